The highest BCUT2D eigenvalue weighted by molar-refractivity contribution is 7.90. The van der Waals surface area contributed by atoms with Gasteiger partial charge in [-0.3, -0.25) is 9.78 Å². The summed E-state index contributed by atoms with van der Waals surface area (Å²) in [6, 6.07) is 10.8. The summed E-state index contributed by atoms with van der Waals surface area (Å²) < 4.78 is 39.5. The lowest BCUT2D eigenvalue weighted by Gasteiger charge is -2.39. The molecule has 158 valence electrons. The quantitative estimate of drug-likeness (QED) is 0.728. The van der Waals surface area contributed by atoms with Crippen molar-refractivity contribution in [2.24, 2.45) is 0 Å². The third-order valence-electron chi connectivity index (χ3n) is 6.22. The number of pyridine rings is 1. The fourth-order valence-electron chi connectivity index (χ4n) is 4.85. The molecule has 0 unspecified atom stereocenters. The SMILES string of the molecule is COc1ccc(CN2C[C@@]34CN(C(=O)c5cccnc5)C[C@@H](C[C@@H]3S2(=O)=O)O4)cc1. The van der Waals surface area contributed by atoms with E-state index in [0.29, 0.717) is 18.5 Å². The Hall–Kier alpha value is -2.49. The van der Waals surface area contributed by atoms with Gasteiger partial charge in [-0.1, -0.05) is 12.1 Å². The molecule has 3 atom stereocenters. The lowest BCUT2D eigenvalue weighted by Crippen LogP contribution is -2.56. The maximum Gasteiger partial charge on any atom is 0.255 e. The molecule has 1 spiro atoms. The Balaban J connectivity index is 1.39. The summed E-state index contributed by atoms with van der Waals surface area (Å²) in [5.74, 6) is 0.587. The summed E-state index contributed by atoms with van der Waals surface area (Å²) in [4.78, 5) is 18.7. The van der Waals surface area contributed by atoms with Gasteiger partial charge in [0.2, 0.25) is 10.0 Å². The average Bonchev–Trinajstić information content (AvgIpc) is 3.13. The molecule has 3 fully saturated rings. The molecule has 0 N–H and O–H groups in total. The van der Waals surface area contributed by atoms with Gasteiger partial charge in [0.05, 0.1) is 25.3 Å². The van der Waals surface area contributed by atoms with Crippen LogP contribution in [-0.2, 0) is 21.3 Å². The molecule has 4 heterocycles. The van der Waals surface area contributed by atoms with Crippen molar-refractivity contribution < 1.29 is 22.7 Å². The fourth-order valence-corrected chi connectivity index (χ4v) is 7.14. The van der Waals surface area contributed by atoms with E-state index in [1.54, 1.807) is 30.3 Å². The number of carbonyl (C=O) groups is 1. The largest absolute Gasteiger partial charge is 0.497 e. The summed E-state index contributed by atoms with van der Waals surface area (Å²) in [6.45, 7) is 1.19. The number of nitrogens with zero attached hydrogens (tertiary/aromatic N) is 3. The van der Waals surface area contributed by atoms with Gasteiger partial charge in [-0.2, -0.15) is 4.31 Å². The first-order valence-electron chi connectivity index (χ1n) is 9.90. The number of amides is 1. The van der Waals surface area contributed by atoms with Crippen LogP contribution >= 0.6 is 0 Å². The first kappa shape index (κ1) is 19.5. The number of morpholine rings is 1. The Morgan fingerprint density at radius 1 is 1.27 bits per heavy atom. The topological polar surface area (TPSA) is 89.0 Å². The number of hydrogen-bond donors (Lipinski definition) is 0. The first-order chi connectivity index (χ1) is 14.4. The number of aromatic nitrogens is 1. The molecule has 0 radical (unpaired) electrons. The average molecular weight is 429 g/mol. The minimum atomic E-state index is -3.53. The second-order valence-corrected chi connectivity index (χ2v) is 10.2. The maximum atomic E-state index is 13.3. The van der Waals surface area contributed by atoms with Crippen LogP contribution in [0, 0.1) is 0 Å². The third-order valence-corrected chi connectivity index (χ3v) is 8.54. The van der Waals surface area contributed by atoms with Crippen molar-refractivity contribution in [2.45, 2.75) is 29.9 Å². The number of sulfonamides is 1. The summed E-state index contributed by atoms with van der Waals surface area (Å²) >= 11 is 0. The highest BCUT2D eigenvalue weighted by Gasteiger charge is 2.65. The van der Waals surface area contributed by atoms with Crippen LogP contribution < -0.4 is 4.74 Å². The Morgan fingerprint density at radius 3 is 2.77 bits per heavy atom. The van der Waals surface area contributed by atoms with E-state index in [9.17, 15) is 13.2 Å². The normalized spacial score (nSPS) is 29.6. The molecule has 1 aromatic heterocycles. The molecule has 8 nitrogen and oxygen atoms in total. The number of carbonyl (C=O) groups excluding carboxylic acids is 1. The molecule has 1 amide bonds. The summed E-state index contributed by atoms with van der Waals surface area (Å²) in [7, 11) is -1.94. The molecule has 9 heteroatoms. The number of fused-ring (bicyclic) bond motifs is 1. The monoisotopic (exact) mass is 429 g/mol. The van der Waals surface area contributed by atoms with E-state index in [2.05, 4.69) is 4.98 Å². The number of likely N-dealkylation sites (tertiary alicyclic amines) is 1. The summed E-state index contributed by atoms with van der Waals surface area (Å²) in [5.41, 5.74) is 0.501. The van der Waals surface area contributed by atoms with Gasteiger partial charge in [-0.25, -0.2) is 8.42 Å². The minimum Gasteiger partial charge on any atom is -0.497 e. The van der Waals surface area contributed by atoms with E-state index < -0.39 is 20.9 Å². The van der Waals surface area contributed by atoms with Crippen molar-refractivity contribution in [2.75, 3.05) is 26.7 Å². The van der Waals surface area contributed by atoms with Crippen molar-refractivity contribution in [3.8, 4) is 5.75 Å². The predicted octanol–water partition coefficient (Wildman–Crippen LogP) is 1.29. The highest BCUT2D eigenvalue weighted by Crippen LogP contribution is 2.47. The van der Waals surface area contributed by atoms with Crippen LogP contribution in [0.15, 0.2) is 48.8 Å². The molecule has 3 saturated heterocycles. The summed E-state index contributed by atoms with van der Waals surface area (Å²) in [6.07, 6.45) is 3.31. The Morgan fingerprint density at radius 2 is 2.07 bits per heavy atom. The second-order valence-electron chi connectivity index (χ2n) is 8.12. The standard InChI is InChI=1S/C21H23N3O5S/c1-28-17-6-4-15(5-7-17)11-24-14-21-13-23(20(25)16-3-2-8-22-10-16)12-18(29-21)9-19(21)30(24,26)27/h2-8,10,18-19H,9,11-14H2,1H3/t18-,19+,21+/m1/s1. The van der Waals surface area contributed by atoms with Gasteiger partial charge in [0.15, 0.2) is 0 Å². The van der Waals surface area contributed by atoms with Gasteiger partial charge in [0, 0.05) is 32.0 Å². The zero-order valence-corrected chi connectivity index (χ0v) is 17.4. The van der Waals surface area contributed by atoms with Gasteiger partial charge in [0.25, 0.3) is 5.91 Å². The van der Waals surface area contributed by atoms with Crippen molar-refractivity contribution in [3.63, 3.8) is 0 Å². The number of rotatable bonds is 4. The van der Waals surface area contributed by atoms with Gasteiger partial charge in [-0.05, 0) is 36.2 Å². The smallest absolute Gasteiger partial charge is 0.255 e. The van der Waals surface area contributed by atoms with Gasteiger partial charge < -0.3 is 14.4 Å². The van der Waals surface area contributed by atoms with E-state index in [1.807, 2.05) is 24.3 Å². The number of methoxy groups -OCH3 is 1. The second kappa shape index (κ2) is 7.04. The summed E-state index contributed by atoms with van der Waals surface area (Å²) in [5, 5.41) is -0.625. The molecule has 2 bridgehead atoms. The van der Waals surface area contributed by atoms with Crippen LogP contribution in [-0.4, -0.2) is 72.2 Å². The van der Waals surface area contributed by atoms with E-state index in [4.69, 9.17) is 9.47 Å². The molecule has 3 aliphatic heterocycles. The zero-order chi connectivity index (χ0) is 20.9. The van der Waals surface area contributed by atoms with Gasteiger partial charge >= 0.3 is 0 Å². The predicted molar refractivity (Wildman–Crippen MR) is 108 cm³/mol. The number of ether oxygens (including phenoxy) is 2. The van der Waals surface area contributed by atoms with Gasteiger partial charge in [-0.15, -0.1) is 0 Å². The van der Waals surface area contributed by atoms with Gasteiger partial charge in [0.1, 0.15) is 16.6 Å². The molecule has 5 rings (SSSR count). The molecule has 0 saturated carbocycles. The van der Waals surface area contributed by atoms with E-state index >= 15 is 0 Å². The Labute approximate surface area is 175 Å². The third kappa shape index (κ3) is 3.08. The maximum absolute atomic E-state index is 13.3. The van der Waals surface area contributed by atoms with E-state index in [-0.39, 0.29) is 31.6 Å². The van der Waals surface area contributed by atoms with Crippen molar-refractivity contribution in [3.05, 3.63) is 59.9 Å². The van der Waals surface area contributed by atoms with Crippen molar-refractivity contribution in [1.82, 2.24) is 14.2 Å². The minimum absolute atomic E-state index is 0.137. The van der Waals surface area contributed by atoms with Crippen LogP contribution in [0.4, 0.5) is 0 Å². The molecule has 0 aliphatic carbocycles. The van der Waals surface area contributed by atoms with Crippen molar-refractivity contribution >= 4 is 15.9 Å². The molecule has 1 aromatic carbocycles. The Bertz CT molecular complexity index is 1060. The van der Waals surface area contributed by atoms with Crippen LogP contribution in [0.2, 0.25) is 0 Å². The first-order valence-corrected chi connectivity index (χ1v) is 11.4. The van der Waals surface area contributed by atoms with E-state index in [0.717, 1.165) is 11.3 Å². The Kier molecular flexibility index (Phi) is 4.57. The molecular weight excluding hydrogens is 406 g/mol. The fraction of sp³-hybridized carbons (Fsp3) is 0.429. The van der Waals surface area contributed by atoms with Crippen LogP contribution in [0.5, 0.6) is 5.75 Å². The molecular formula is C21H23N3O5S. The molecule has 2 aromatic rings. The molecule has 30 heavy (non-hydrogen) atoms. The van der Waals surface area contributed by atoms with E-state index in [1.165, 1.54) is 10.5 Å². The van der Waals surface area contributed by atoms with Crippen LogP contribution in [0.25, 0.3) is 0 Å². The zero-order valence-electron chi connectivity index (χ0n) is 16.6. The number of hydrogen-bond acceptors (Lipinski definition) is 6. The lowest BCUT2D eigenvalue weighted by atomic mass is 9.99. The highest BCUT2D eigenvalue weighted by atomic mass is 32.2. The van der Waals surface area contributed by atoms with Crippen LogP contribution in [0.3, 0.4) is 0 Å². The molecule has 3 aliphatic rings. The lowest BCUT2D eigenvalue weighted by molar-refractivity contribution is -0.0980. The van der Waals surface area contributed by atoms with Crippen molar-refractivity contribution in [1.29, 1.82) is 0 Å². The number of benzene rings is 1. The van der Waals surface area contributed by atoms with Crippen LogP contribution in [0.1, 0.15) is 22.3 Å².